The Labute approximate surface area is 173 Å². The van der Waals surface area contributed by atoms with Crippen LogP contribution in [0.1, 0.15) is 36.7 Å². The van der Waals surface area contributed by atoms with Crippen LogP contribution in [0.5, 0.6) is 0 Å². The van der Waals surface area contributed by atoms with E-state index in [0.29, 0.717) is 29.6 Å². The van der Waals surface area contributed by atoms with Crippen molar-refractivity contribution >= 4 is 38.3 Å². The second-order valence-electron chi connectivity index (χ2n) is 7.28. The Balaban J connectivity index is 1.62. The van der Waals surface area contributed by atoms with Gasteiger partial charge in [-0.05, 0) is 37.8 Å². The maximum Gasteiger partial charge on any atom is 0.252 e. The fraction of sp³-hybridized carbons (Fsp3) is 0.421. The fourth-order valence-corrected chi connectivity index (χ4v) is 5.68. The van der Waals surface area contributed by atoms with Crippen LogP contribution in [-0.4, -0.2) is 58.8 Å². The van der Waals surface area contributed by atoms with Crippen molar-refractivity contribution in [1.82, 2.24) is 24.4 Å². The van der Waals surface area contributed by atoms with Crippen molar-refractivity contribution in [3.05, 3.63) is 35.3 Å². The van der Waals surface area contributed by atoms with E-state index in [-0.39, 0.29) is 30.8 Å². The van der Waals surface area contributed by atoms with Gasteiger partial charge in [0.05, 0.1) is 33.5 Å². The Kier molecular flexibility index (Phi) is 5.41. The van der Waals surface area contributed by atoms with Gasteiger partial charge in [-0.1, -0.05) is 6.07 Å². The SMILES string of the molecule is CC(C)n1ncc2c(C(=O)NCCN3CCCS3(=O)=O)cc(-c3cccs3)nc21. The Morgan fingerprint density at radius 1 is 1.38 bits per heavy atom. The van der Waals surface area contributed by atoms with E-state index in [1.54, 1.807) is 28.3 Å². The highest BCUT2D eigenvalue weighted by atomic mass is 32.2. The molecule has 0 atom stereocenters. The number of carbonyl (C=O) groups excluding carboxylic acids is 1. The monoisotopic (exact) mass is 433 g/mol. The average Bonchev–Trinajstić information content (AvgIpc) is 3.40. The van der Waals surface area contributed by atoms with Crippen LogP contribution >= 0.6 is 11.3 Å². The van der Waals surface area contributed by atoms with Crippen LogP contribution in [0.2, 0.25) is 0 Å². The van der Waals surface area contributed by atoms with Gasteiger partial charge in [-0.2, -0.15) is 5.10 Å². The lowest BCUT2D eigenvalue weighted by molar-refractivity contribution is 0.0953. The largest absolute Gasteiger partial charge is 0.351 e. The first kappa shape index (κ1) is 20.0. The van der Waals surface area contributed by atoms with Crippen LogP contribution in [0.25, 0.3) is 21.6 Å². The predicted octanol–water partition coefficient (Wildman–Crippen LogP) is 2.51. The van der Waals surface area contributed by atoms with Crippen molar-refractivity contribution in [2.75, 3.05) is 25.4 Å². The van der Waals surface area contributed by atoms with Gasteiger partial charge in [-0.15, -0.1) is 11.3 Å². The number of hydrogen-bond acceptors (Lipinski definition) is 6. The molecule has 29 heavy (non-hydrogen) atoms. The van der Waals surface area contributed by atoms with Crippen molar-refractivity contribution in [2.45, 2.75) is 26.3 Å². The molecule has 1 amide bonds. The summed E-state index contributed by atoms with van der Waals surface area (Å²) < 4.78 is 27.1. The minimum absolute atomic E-state index is 0.106. The molecular weight excluding hydrogens is 410 g/mol. The highest BCUT2D eigenvalue weighted by molar-refractivity contribution is 7.89. The molecule has 10 heteroatoms. The van der Waals surface area contributed by atoms with E-state index in [4.69, 9.17) is 4.98 Å². The van der Waals surface area contributed by atoms with Gasteiger partial charge in [0.25, 0.3) is 5.91 Å². The average molecular weight is 434 g/mol. The van der Waals surface area contributed by atoms with E-state index in [2.05, 4.69) is 10.4 Å². The van der Waals surface area contributed by atoms with E-state index in [0.717, 1.165) is 10.6 Å². The molecule has 1 fully saturated rings. The molecule has 1 aliphatic rings. The first-order valence-corrected chi connectivity index (χ1v) is 12.0. The van der Waals surface area contributed by atoms with Gasteiger partial charge in [0, 0.05) is 25.7 Å². The van der Waals surface area contributed by atoms with Crippen molar-refractivity contribution in [1.29, 1.82) is 0 Å². The highest BCUT2D eigenvalue weighted by Gasteiger charge is 2.27. The Morgan fingerprint density at radius 3 is 2.86 bits per heavy atom. The number of amides is 1. The van der Waals surface area contributed by atoms with Crippen molar-refractivity contribution < 1.29 is 13.2 Å². The number of pyridine rings is 1. The molecule has 1 saturated heterocycles. The third-order valence-corrected chi connectivity index (χ3v) is 7.77. The Morgan fingerprint density at radius 2 is 2.21 bits per heavy atom. The number of aromatic nitrogens is 3. The minimum Gasteiger partial charge on any atom is -0.351 e. The molecule has 154 valence electrons. The zero-order chi connectivity index (χ0) is 20.6. The Bertz CT molecular complexity index is 1140. The van der Waals surface area contributed by atoms with Crippen LogP contribution in [0.15, 0.2) is 29.8 Å². The van der Waals surface area contributed by atoms with Gasteiger partial charge in [0.1, 0.15) is 0 Å². The van der Waals surface area contributed by atoms with Crippen molar-refractivity contribution in [3.63, 3.8) is 0 Å². The van der Waals surface area contributed by atoms with Crippen LogP contribution in [0.4, 0.5) is 0 Å². The van der Waals surface area contributed by atoms with E-state index in [1.807, 2.05) is 31.4 Å². The molecule has 3 aromatic heterocycles. The smallest absolute Gasteiger partial charge is 0.252 e. The lowest BCUT2D eigenvalue weighted by Gasteiger charge is -2.15. The standard InChI is InChI=1S/C19H23N5O3S2/c1-13(2)24-18-15(12-21-24)14(11-16(22-18)17-5-3-9-28-17)19(25)20-6-8-23-7-4-10-29(23,26)27/h3,5,9,11-13H,4,6-8,10H2,1-2H3,(H,20,25). The zero-order valence-corrected chi connectivity index (χ0v) is 18.0. The molecule has 0 spiro atoms. The molecule has 0 unspecified atom stereocenters. The zero-order valence-electron chi connectivity index (χ0n) is 16.3. The molecule has 0 aromatic carbocycles. The molecular formula is C19H23N5O3S2. The number of hydrogen-bond donors (Lipinski definition) is 1. The third-order valence-electron chi connectivity index (χ3n) is 4.92. The maximum absolute atomic E-state index is 13.0. The second-order valence-corrected chi connectivity index (χ2v) is 10.3. The summed E-state index contributed by atoms with van der Waals surface area (Å²) in [6.07, 6.45) is 2.31. The summed E-state index contributed by atoms with van der Waals surface area (Å²) in [5.74, 6) is -0.0695. The molecule has 3 aromatic rings. The summed E-state index contributed by atoms with van der Waals surface area (Å²) in [5.41, 5.74) is 1.88. The Hall–Kier alpha value is -2.30. The van der Waals surface area contributed by atoms with Crippen LogP contribution in [-0.2, 0) is 10.0 Å². The fourth-order valence-electron chi connectivity index (χ4n) is 3.47. The van der Waals surface area contributed by atoms with E-state index < -0.39 is 10.0 Å². The molecule has 1 N–H and O–H groups in total. The van der Waals surface area contributed by atoms with E-state index >= 15 is 0 Å². The molecule has 0 radical (unpaired) electrons. The molecule has 1 aliphatic heterocycles. The van der Waals surface area contributed by atoms with E-state index in [1.165, 1.54) is 4.31 Å². The van der Waals surface area contributed by atoms with Gasteiger partial charge in [0.2, 0.25) is 10.0 Å². The summed E-state index contributed by atoms with van der Waals surface area (Å²) in [7, 11) is -3.17. The molecule has 0 saturated carbocycles. The summed E-state index contributed by atoms with van der Waals surface area (Å²) in [5, 5.41) is 9.93. The lowest BCUT2D eigenvalue weighted by atomic mass is 10.1. The van der Waals surface area contributed by atoms with Crippen molar-refractivity contribution in [2.24, 2.45) is 0 Å². The van der Waals surface area contributed by atoms with Gasteiger partial charge in [-0.3, -0.25) is 4.79 Å². The summed E-state index contributed by atoms with van der Waals surface area (Å²) in [4.78, 5) is 18.7. The topological polar surface area (TPSA) is 97.2 Å². The molecule has 4 heterocycles. The number of carbonyl (C=O) groups is 1. The van der Waals surface area contributed by atoms with Crippen LogP contribution in [0.3, 0.4) is 0 Å². The third kappa shape index (κ3) is 3.92. The summed E-state index contributed by atoms with van der Waals surface area (Å²) in [6, 6.07) is 5.80. The lowest BCUT2D eigenvalue weighted by Crippen LogP contribution is -2.36. The number of sulfonamides is 1. The quantitative estimate of drug-likeness (QED) is 0.644. The maximum atomic E-state index is 13.0. The van der Waals surface area contributed by atoms with Crippen LogP contribution in [0, 0.1) is 0 Å². The van der Waals surface area contributed by atoms with E-state index in [9.17, 15) is 13.2 Å². The van der Waals surface area contributed by atoms with Crippen molar-refractivity contribution in [3.8, 4) is 10.6 Å². The van der Waals surface area contributed by atoms with Gasteiger partial charge in [-0.25, -0.2) is 22.4 Å². The molecule has 8 nitrogen and oxygen atoms in total. The molecule has 0 bridgehead atoms. The number of nitrogens with zero attached hydrogens (tertiary/aromatic N) is 4. The normalized spacial score (nSPS) is 16.7. The first-order valence-electron chi connectivity index (χ1n) is 9.55. The summed E-state index contributed by atoms with van der Waals surface area (Å²) in [6.45, 7) is 5.09. The number of nitrogens with one attached hydrogen (secondary N) is 1. The van der Waals surface area contributed by atoms with Crippen LogP contribution < -0.4 is 5.32 Å². The minimum atomic E-state index is -3.17. The van der Waals surface area contributed by atoms with Gasteiger partial charge >= 0.3 is 0 Å². The number of fused-ring (bicyclic) bond motifs is 1. The molecule has 0 aliphatic carbocycles. The second kappa shape index (κ2) is 7.85. The highest BCUT2D eigenvalue weighted by Crippen LogP contribution is 2.28. The summed E-state index contributed by atoms with van der Waals surface area (Å²) >= 11 is 1.56. The number of thiophene rings is 1. The number of rotatable bonds is 6. The first-order chi connectivity index (χ1) is 13.9. The molecule has 4 rings (SSSR count). The van der Waals surface area contributed by atoms with Gasteiger partial charge in [0.15, 0.2) is 5.65 Å². The van der Waals surface area contributed by atoms with Gasteiger partial charge < -0.3 is 5.32 Å². The predicted molar refractivity (Wildman–Crippen MR) is 114 cm³/mol.